The molecule has 0 spiro atoms. The van der Waals surface area contributed by atoms with E-state index in [1.165, 1.54) is 0 Å². The lowest BCUT2D eigenvalue weighted by atomic mass is 9.75. The summed E-state index contributed by atoms with van der Waals surface area (Å²) in [4.78, 5) is 12.5. The second-order valence-corrected chi connectivity index (χ2v) is 6.96. The molecule has 1 heterocycles. The molecule has 104 valence electrons. The predicted molar refractivity (Wildman–Crippen MR) is 82.8 cm³/mol. The van der Waals surface area contributed by atoms with Crippen LogP contribution in [0.4, 0.5) is 0 Å². The van der Waals surface area contributed by atoms with Crippen LogP contribution in [0.15, 0.2) is 30.3 Å². The maximum absolute atomic E-state index is 12.6. The number of benzene rings is 1. The Hall–Kier alpha value is -1.42. The molecule has 0 amide bonds. The summed E-state index contributed by atoms with van der Waals surface area (Å²) >= 11 is 3.56. The Morgan fingerprint density at radius 3 is 2.60 bits per heavy atom. The molecule has 3 nitrogen and oxygen atoms in total. The smallest absolute Gasteiger partial charge is 0.180 e. The number of fused-ring (bicyclic) bond motifs is 1. The summed E-state index contributed by atoms with van der Waals surface area (Å²) < 4.78 is 1.92. The van der Waals surface area contributed by atoms with Crippen LogP contribution in [-0.2, 0) is 6.42 Å². The van der Waals surface area contributed by atoms with Crippen LogP contribution in [0.3, 0.4) is 0 Å². The highest BCUT2D eigenvalue weighted by Gasteiger charge is 2.42. The lowest BCUT2D eigenvalue weighted by molar-refractivity contribution is 0.0927. The summed E-state index contributed by atoms with van der Waals surface area (Å²) in [5.41, 5.74) is 3.53. The van der Waals surface area contributed by atoms with Crippen LogP contribution in [0.25, 0.3) is 5.69 Å². The fourth-order valence-electron chi connectivity index (χ4n) is 2.84. The number of aromatic nitrogens is 2. The first-order valence-corrected chi connectivity index (χ1v) is 7.65. The van der Waals surface area contributed by atoms with E-state index >= 15 is 0 Å². The molecule has 1 aliphatic rings. The molecule has 0 fully saturated rings. The number of carbonyl (C=O) groups excluding carboxylic acids is 1. The summed E-state index contributed by atoms with van der Waals surface area (Å²) in [7, 11) is 0. The van der Waals surface area contributed by atoms with Crippen molar-refractivity contribution < 1.29 is 4.79 Å². The highest BCUT2D eigenvalue weighted by Crippen LogP contribution is 2.40. The minimum absolute atomic E-state index is 0.108. The van der Waals surface area contributed by atoms with Crippen molar-refractivity contribution in [3.8, 4) is 5.69 Å². The van der Waals surface area contributed by atoms with Crippen molar-refractivity contribution >= 4 is 21.7 Å². The van der Waals surface area contributed by atoms with Gasteiger partial charge in [-0.3, -0.25) is 4.79 Å². The zero-order valence-corrected chi connectivity index (χ0v) is 13.4. The Balaban J connectivity index is 2.21. The number of rotatable bonds is 1. The van der Waals surface area contributed by atoms with Crippen LogP contribution >= 0.6 is 15.9 Å². The number of Topliss-reactive ketones (excluding diaryl/α,β-unsaturated/α-hetero) is 1. The fraction of sp³-hybridized carbons (Fsp3) is 0.375. The number of alkyl halides is 1. The van der Waals surface area contributed by atoms with Crippen molar-refractivity contribution in [1.82, 2.24) is 9.78 Å². The number of nitrogens with zero attached hydrogens (tertiary/aromatic N) is 2. The normalized spacial score (nSPS) is 20.8. The van der Waals surface area contributed by atoms with Gasteiger partial charge in [0.25, 0.3) is 0 Å². The van der Waals surface area contributed by atoms with Gasteiger partial charge in [-0.05, 0) is 30.9 Å². The number of carbonyl (C=O) groups is 1. The Bertz CT molecular complexity index is 673. The summed E-state index contributed by atoms with van der Waals surface area (Å²) in [5, 5.41) is 4.59. The van der Waals surface area contributed by atoms with Gasteiger partial charge < -0.3 is 0 Å². The molecule has 20 heavy (non-hydrogen) atoms. The van der Waals surface area contributed by atoms with Crippen LogP contribution in [0.2, 0.25) is 0 Å². The molecule has 2 aromatic rings. The average Bonchev–Trinajstić information content (AvgIpc) is 2.73. The van der Waals surface area contributed by atoms with Gasteiger partial charge >= 0.3 is 0 Å². The fourth-order valence-corrected chi connectivity index (χ4v) is 3.24. The van der Waals surface area contributed by atoms with E-state index in [2.05, 4.69) is 34.9 Å². The van der Waals surface area contributed by atoms with Crippen molar-refractivity contribution in [3.63, 3.8) is 0 Å². The van der Waals surface area contributed by atoms with Gasteiger partial charge in [0, 0.05) is 0 Å². The topological polar surface area (TPSA) is 34.9 Å². The number of hydrogen-bond donors (Lipinski definition) is 0. The number of ketones is 1. The van der Waals surface area contributed by atoms with E-state index in [4.69, 9.17) is 0 Å². The minimum atomic E-state index is -0.144. The molecule has 0 saturated heterocycles. The Kier molecular flexibility index (Phi) is 3.09. The predicted octanol–water partition coefficient (Wildman–Crippen LogP) is 3.71. The summed E-state index contributed by atoms with van der Waals surface area (Å²) in [6.45, 7) is 6.14. The molecule has 1 aromatic heterocycles. The van der Waals surface area contributed by atoms with E-state index in [0.29, 0.717) is 0 Å². The molecule has 0 N–H and O–H groups in total. The van der Waals surface area contributed by atoms with E-state index in [-0.39, 0.29) is 16.0 Å². The van der Waals surface area contributed by atoms with Gasteiger partial charge in [-0.2, -0.15) is 5.10 Å². The summed E-state index contributed by atoms with van der Waals surface area (Å²) in [6, 6.07) is 9.99. The molecule has 3 rings (SSSR count). The van der Waals surface area contributed by atoms with E-state index in [0.717, 1.165) is 29.1 Å². The Morgan fingerprint density at radius 1 is 1.30 bits per heavy atom. The lowest BCUT2D eigenvalue weighted by Gasteiger charge is -2.34. The molecule has 1 aliphatic carbocycles. The highest BCUT2D eigenvalue weighted by atomic mass is 79.9. The van der Waals surface area contributed by atoms with Crippen molar-refractivity contribution in [2.45, 2.75) is 32.0 Å². The van der Waals surface area contributed by atoms with Crippen LogP contribution < -0.4 is 0 Å². The molecular weight excluding hydrogens is 316 g/mol. The average molecular weight is 333 g/mol. The molecular formula is C16H17BrN2O. The molecule has 1 aromatic carbocycles. The van der Waals surface area contributed by atoms with Gasteiger partial charge in [-0.15, -0.1) is 0 Å². The molecule has 4 heteroatoms. The third-order valence-corrected chi connectivity index (χ3v) is 5.60. The summed E-state index contributed by atoms with van der Waals surface area (Å²) in [6.07, 6.45) is 0.833. The maximum Gasteiger partial charge on any atom is 0.180 e. The van der Waals surface area contributed by atoms with Gasteiger partial charge in [-0.25, -0.2) is 4.68 Å². The second-order valence-electron chi connectivity index (χ2n) is 6.05. The minimum Gasteiger partial charge on any atom is -0.293 e. The molecule has 0 bridgehead atoms. The van der Waals surface area contributed by atoms with Crippen LogP contribution in [0.1, 0.15) is 35.6 Å². The van der Waals surface area contributed by atoms with Gasteiger partial charge in [0.2, 0.25) is 0 Å². The van der Waals surface area contributed by atoms with Gasteiger partial charge in [0.05, 0.1) is 27.5 Å². The van der Waals surface area contributed by atoms with E-state index in [1.807, 2.05) is 41.9 Å². The molecule has 0 unspecified atom stereocenters. The van der Waals surface area contributed by atoms with Gasteiger partial charge in [-0.1, -0.05) is 48.0 Å². The third kappa shape index (κ3) is 1.94. The first-order chi connectivity index (χ1) is 9.42. The van der Waals surface area contributed by atoms with E-state index in [1.54, 1.807) is 0 Å². The van der Waals surface area contributed by atoms with Crippen molar-refractivity contribution in [1.29, 1.82) is 0 Å². The molecule has 0 aliphatic heterocycles. The maximum atomic E-state index is 12.6. The van der Waals surface area contributed by atoms with Crippen molar-refractivity contribution in [3.05, 3.63) is 47.3 Å². The Morgan fingerprint density at radius 2 is 1.95 bits per heavy atom. The van der Waals surface area contributed by atoms with Crippen LogP contribution in [0, 0.1) is 12.3 Å². The quantitative estimate of drug-likeness (QED) is 0.746. The molecule has 0 radical (unpaired) electrons. The monoisotopic (exact) mass is 332 g/mol. The zero-order chi connectivity index (χ0) is 14.5. The third-order valence-electron chi connectivity index (χ3n) is 3.94. The van der Waals surface area contributed by atoms with Crippen molar-refractivity contribution in [2.24, 2.45) is 5.41 Å². The number of hydrogen-bond acceptors (Lipinski definition) is 2. The first-order valence-electron chi connectivity index (χ1n) is 6.74. The SMILES string of the molecule is Cc1nn(-c2ccccc2)c2c1C(=O)[C@@H](Br)C(C)(C)C2. The number of halogens is 1. The molecule has 0 saturated carbocycles. The van der Waals surface area contributed by atoms with Crippen LogP contribution in [-0.4, -0.2) is 20.4 Å². The van der Waals surface area contributed by atoms with E-state index < -0.39 is 0 Å². The van der Waals surface area contributed by atoms with Crippen LogP contribution in [0.5, 0.6) is 0 Å². The summed E-state index contributed by atoms with van der Waals surface area (Å²) in [5.74, 6) is 0.149. The van der Waals surface area contributed by atoms with Crippen molar-refractivity contribution in [2.75, 3.05) is 0 Å². The largest absolute Gasteiger partial charge is 0.293 e. The number of para-hydroxylation sites is 1. The van der Waals surface area contributed by atoms with Gasteiger partial charge in [0.1, 0.15) is 0 Å². The Labute approximate surface area is 127 Å². The lowest BCUT2D eigenvalue weighted by Crippen LogP contribution is -2.39. The van der Waals surface area contributed by atoms with E-state index in [9.17, 15) is 4.79 Å². The van der Waals surface area contributed by atoms with Gasteiger partial charge in [0.15, 0.2) is 5.78 Å². The first kappa shape index (κ1) is 13.6. The number of aryl methyl sites for hydroxylation is 1. The highest BCUT2D eigenvalue weighted by molar-refractivity contribution is 9.10. The standard InChI is InChI=1S/C16H17BrN2O/c1-10-13-12(9-16(2,3)15(17)14(13)20)19(18-10)11-7-5-4-6-8-11/h4-8,15H,9H2,1-3H3/t15-/m1/s1. The zero-order valence-electron chi connectivity index (χ0n) is 11.9. The second kappa shape index (κ2) is 4.55. The molecule has 1 atom stereocenters.